The van der Waals surface area contributed by atoms with Gasteiger partial charge in [0.25, 0.3) is 0 Å². The van der Waals surface area contributed by atoms with E-state index in [0.29, 0.717) is 0 Å². The van der Waals surface area contributed by atoms with Crippen LogP contribution in [-0.4, -0.2) is 14.5 Å². The van der Waals surface area contributed by atoms with E-state index in [9.17, 15) is 0 Å². The molecule has 3 nitrogen and oxygen atoms in total. The molecule has 0 bridgehead atoms. The van der Waals surface area contributed by atoms with Crippen molar-refractivity contribution in [1.82, 2.24) is 14.5 Å². The van der Waals surface area contributed by atoms with Gasteiger partial charge in [0, 0.05) is 47.8 Å². The van der Waals surface area contributed by atoms with Crippen LogP contribution >= 0.6 is 11.3 Å². The van der Waals surface area contributed by atoms with Crippen molar-refractivity contribution in [1.29, 1.82) is 0 Å². The summed E-state index contributed by atoms with van der Waals surface area (Å²) in [6.45, 7) is 4.67. The third kappa shape index (κ3) is 3.40. The molecule has 10 rings (SSSR count). The number of rotatable bonds is 2. The van der Waals surface area contributed by atoms with Crippen LogP contribution in [0.15, 0.2) is 109 Å². The fourth-order valence-corrected chi connectivity index (χ4v) is 9.20. The van der Waals surface area contributed by atoms with Crippen molar-refractivity contribution in [2.75, 3.05) is 0 Å². The number of aromatic nitrogens is 3. The second kappa shape index (κ2) is 8.99. The maximum absolute atomic E-state index is 5.63. The Morgan fingerprint density at radius 2 is 1.44 bits per heavy atom. The van der Waals surface area contributed by atoms with Crippen LogP contribution in [0, 0.1) is 0 Å². The van der Waals surface area contributed by atoms with Crippen LogP contribution in [0.4, 0.5) is 0 Å². The number of aryl methyl sites for hydroxylation is 1. The number of hydrogen-bond acceptors (Lipinski definition) is 3. The SMILES string of the molecule is CC1(C)c2ccccc2-c2nc(-n3c4ccccc4c4cc5ccccc5cc43)nc(-c3cccc4sc5c(c34)C=CCC5)c21. The van der Waals surface area contributed by atoms with Gasteiger partial charge in [0.05, 0.1) is 22.4 Å². The number of fused-ring (bicyclic) bond motifs is 10. The summed E-state index contributed by atoms with van der Waals surface area (Å²) in [6, 6.07) is 37.5. The minimum atomic E-state index is -0.245. The van der Waals surface area contributed by atoms with E-state index in [1.54, 1.807) is 0 Å². The summed E-state index contributed by atoms with van der Waals surface area (Å²) in [7, 11) is 0. The van der Waals surface area contributed by atoms with Crippen LogP contribution in [0.5, 0.6) is 0 Å². The maximum atomic E-state index is 5.63. The van der Waals surface area contributed by atoms with Crippen molar-refractivity contribution in [2.24, 2.45) is 0 Å². The maximum Gasteiger partial charge on any atom is 0.235 e. The molecule has 0 spiro atoms. The van der Waals surface area contributed by atoms with Gasteiger partial charge < -0.3 is 0 Å². The number of para-hydroxylation sites is 1. The van der Waals surface area contributed by atoms with Crippen LogP contribution in [0.25, 0.3) is 77.2 Å². The zero-order valence-corrected chi connectivity index (χ0v) is 26.0. The molecule has 8 aromatic rings. The van der Waals surface area contributed by atoms with Crippen LogP contribution in [0.1, 0.15) is 41.8 Å². The lowest BCUT2D eigenvalue weighted by atomic mass is 9.80. The Hall–Kier alpha value is -5.06. The molecule has 5 aromatic carbocycles. The molecule has 45 heavy (non-hydrogen) atoms. The Balaban J connectivity index is 1.37. The Morgan fingerprint density at radius 3 is 2.33 bits per heavy atom. The highest BCUT2D eigenvalue weighted by molar-refractivity contribution is 7.19. The third-order valence-corrected chi connectivity index (χ3v) is 11.3. The van der Waals surface area contributed by atoms with Crippen LogP contribution in [0.3, 0.4) is 0 Å². The molecule has 0 aliphatic heterocycles. The first kappa shape index (κ1) is 25.3. The molecule has 2 aliphatic rings. The minimum absolute atomic E-state index is 0.245. The first-order valence-electron chi connectivity index (χ1n) is 15.7. The zero-order chi connectivity index (χ0) is 29.9. The molecule has 0 unspecified atom stereocenters. The standard InChI is InChI=1S/C41H29N3S/c1-41(2)31-18-8-5-15-27(31)38-37(41)39(29-17-11-21-35-36(29)28-16-7-10-20-34(28)45-35)43-40(42-38)44-32-19-9-6-14-26(32)30-22-24-12-3-4-13-25(24)23-33(30)44/h3-9,11-19,21-23H,10,20H2,1-2H3. The summed E-state index contributed by atoms with van der Waals surface area (Å²) in [5.41, 5.74) is 10.4. The molecule has 0 atom stereocenters. The molecule has 3 heterocycles. The van der Waals surface area contributed by atoms with E-state index in [4.69, 9.17) is 9.97 Å². The number of benzene rings is 5. The molecule has 0 fully saturated rings. The lowest BCUT2D eigenvalue weighted by Gasteiger charge is -2.24. The minimum Gasteiger partial charge on any atom is -0.278 e. The van der Waals surface area contributed by atoms with E-state index in [-0.39, 0.29) is 5.41 Å². The van der Waals surface area contributed by atoms with Gasteiger partial charge in [-0.1, -0.05) is 105 Å². The highest BCUT2D eigenvalue weighted by atomic mass is 32.1. The Morgan fingerprint density at radius 1 is 0.711 bits per heavy atom. The fraction of sp³-hybridized carbons (Fsp3) is 0.122. The van der Waals surface area contributed by atoms with Crippen molar-refractivity contribution < 1.29 is 0 Å². The van der Waals surface area contributed by atoms with E-state index in [2.05, 4.69) is 134 Å². The Bertz CT molecular complexity index is 2580. The van der Waals surface area contributed by atoms with Gasteiger partial charge in [-0.25, -0.2) is 9.97 Å². The highest BCUT2D eigenvalue weighted by Gasteiger charge is 2.40. The second-order valence-corrected chi connectivity index (χ2v) is 14.0. The molecule has 2 aliphatic carbocycles. The average Bonchev–Trinajstić information content (AvgIpc) is 3.69. The largest absolute Gasteiger partial charge is 0.278 e. The second-order valence-electron chi connectivity index (χ2n) is 12.9. The lowest BCUT2D eigenvalue weighted by molar-refractivity contribution is 0.657. The monoisotopic (exact) mass is 595 g/mol. The lowest BCUT2D eigenvalue weighted by Crippen LogP contribution is -2.18. The van der Waals surface area contributed by atoms with Gasteiger partial charge in [-0.05, 0) is 59.0 Å². The summed E-state index contributed by atoms with van der Waals surface area (Å²) in [4.78, 5) is 12.6. The van der Waals surface area contributed by atoms with Gasteiger partial charge in [0.2, 0.25) is 5.95 Å². The van der Waals surface area contributed by atoms with E-state index in [1.165, 1.54) is 64.3 Å². The predicted octanol–water partition coefficient (Wildman–Crippen LogP) is 10.9. The number of nitrogens with zero attached hydrogens (tertiary/aromatic N) is 3. The number of hydrogen-bond donors (Lipinski definition) is 0. The van der Waals surface area contributed by atoms with Crippen LogP contribution < -0.4 is 0 Å². The molecule has 0 amide bonds. The van der Waals surface area contributed by atoms with Crippen molar-refractivity contribution in [3.05, 3.63) is 131 Å². The summed E-state index contributed by atoms with van der Waals surface area (Å²) < 4.78 is 3.62. The van der Waals surface area contributed by atoms with Crippen LogP contribution in [0.2, 0.25) is 0 Å². The number of thiophene rings is 1. The van der Waals surface area contributed by atoms with E-state index in [1.807, 2.05) is 11.3 Å². The van der Waals surface area contributed by atoms with Gasteiger partial charge in [0.15, 0.2) is 0 Å². The average molecular weight is 596 g/mol. The van der Waals surface area contributed by atoms with Gasteiger partial charge >= 0.3 is 0 Å². The summed E-state index contributed by atoms with van der Waals surface area (Å²) in [6.07, 6.45) is 6.86. The normalized spacial score (nSPS) is 14.8. The molecule has 4 heteroatoms. The van der Waals surface area contributed by atoms with Crippen molar-refractivity contribution in [2.45, 2.75) is 32.1 Å². The summed E-state index contributed by atoms with van der Waals surface area (Å²) in [5, 5.41) is 6.20. The first-order chi connectivity index (χ1) is 22.1. The Labute approximate surface area is 265 Å². The molecule has 0 radical (unpaired) electrons. The van der Waals surface area contributed by atoms with E-state index in [0.717, 1.165) is 41.2 Å². The van der Waals surface area contributed by atoms with Gasteiger partial charge in [0.1, 0.15) is 0 Å². The quantitative estimate of drug-likeness (QED) is 0.199. The van der Waals surface area contributed by atoms with Crippen molar-refractivity contribution in [3.63, 3.8) is 0 Å². The predicted molar refractivity (Wildman–Crippen MR) is 190 cm³/mol. The van der Waals surface area contributed by atoms with Gasteiger partial charge in [-0.3, -0.25) is 4.57 Å². The topological polar surface area (TPSA) is 30.7 Å². The highest BCUT2D eigenvalue weighted by Crippen LogP contribution is 2.53. The first-order valence-corrected chi connectivity index (χ1v) is 16.6. The van der Waals surface area contributed by atoms with Crippen LogP contribution in [-0.2, 0) is 11.8 Å². The molecule has 3 aromatic heterocycles. The molecular weight excluding hydrogens is 567 g/mol. The molecule has 214 valence electrons. The number of allylic oxidation sites excluding steroid dienone is 1. The van der Waals surface area contributed by atoms with Gasteiger partial charge in [-0.2, -0.15) is 0 Å². The summed E-state index contributed by atoms with van der Waals surface area (Å²) >= 11 is 1.94. The van der Waals surface area contributed by atoms with Crippen molar-refractivity contribution >= 4 is 60.1 Å². The van der Waals surface area contributed by atoms with E-state index < -0.39 is 0 Å². The zero-order valence-electron chi connectivity index (χ0n) is 25.1. The molecule has 0 N–H and O–H groups in total. The summed E-state index contributed by atoms with van der Waals surface area (Å²) in [5.74, 6) is 0.717. The molecule has 0 saturated carbocycles. The third-order valence-electron chi connectivity index (χ3n) is 10.0. The Kier molecular flexibility index (Phi) is 5.05. The van der Waals surface area contributed by atoms with Gasteiger partial charge in [-0.15, -0.1) is 11.3 Å². The van der Waals surface area contributed by atoms with Crippen molar-refractivity contribution in [3.8, 4) is 28.5 Å². The van der Waals surface area contributed by atoms with E-state index >= 15 is 0 Å². The fourth-order valence-electron chi connectivity index (χ4n) is 7.97. The smallest absolute Gasteiger partial charge is 0.235 e. The molecular formula is C41H29N3S. The molecule has 0 saturated heterocycles.